The van der Waals surface area contributed by atoms with Gasteiger partial charge in [-0.1, -0.05) is 24.1 Å². The van der Waals surface area contributed by atoms with Crippen LogP contribution >= 0.6 is 12.2 Å². The first-order valence-electron chi connectivity index (χ1n) is 10.1. The third-order valence-corrected chi connectivity index (χ3v) is 7.69. The van der Waals surface area contributed by atoms with Crippen molar-refractivity contribution in [2.75, 3.05) is 6.61 Å². The van der Waals surface area contributed by atoms with Gasteiger partial charge in [0.1, 0.15) is 6.04 Å². The largest absolute Gasteiger partial charge is 0.465 e. The van der Waals surface area contributed by atoms with Crippen LogP contribution in [0.15, 0.2) is 34.3 Å². The van der Waals surface area contributed by atoms with Crippen LogP contribution in [-0.2, 0) is 19.6 Å². The molecule has 1 heterocycles. The summed E-state index contributed by atoms with van der Waals surface area (Å²) in [6, 6.07) is 5.41. The standard InChI is InChI=1S/C20H28N4O4S2/c1-3-28-19(25)18-12-15-16(22-23-20(21)29)6-4-5-7-17(15)24(18)30(26,27)14-10-8-13(2)9-11-14/h8-11,15,17-18H,3-7,12H2,1-2H3,(H3,21,23,29)/b22-16-/t15-,17+,18+/m1/s1. The molecule has 1 aromatic carbocycles. The lowest BCUT2D eigenvalue weighted by molar-refractivity contribution is -0.147. The number of hydrogen-bond donors (Lipinski definition) is 2. The zero-order chi connectivity index (χ0) is 21.9. The molecule has 10 heteroatoms. The Morgan fingerprint density at radius 1 is 1.33 bits per heavy atom. The Kier molecular flexibility index (Phi) is 7.10. The van der Waals surface area contributed by atoms with E-state index in [4.69, 9.17) is 22.7 Å². The molecule has 1 aliphatic heterocycles. The lowest BCUT2D eigenvalue weighted by atomic mass is 9.92. The molecular weight excluding hydrogens is 424 g/mol. The van der Waals surface area contributed by atoms with Crippen LogP contribution < -0.4 is 11.2 Å². The van der Waals surface area contributed by atoms with E-state index < -0.39 is 22.0 Å². The summed E-state index contributed by atoms with van der Waals surface area (Å²) in [5.74, 6) is -0.730. The Morgan fingerprint density at radius 2 is 2.03 bits per heavy atom. The number of carbonyl (C=O) groups excluding carboxylic acids is 1. The summed E-state index contributed by atoms with van der Waals surface area (Å²) >= 11 is 4.85. The van der Waals surface area contributed by atoms with E-state index in [1.165, 1.54) is 4.31 Å². The van der Waals surface area contributed by atoms with Gasteiger partial charge in [0, 0.05) is 17.7 Å². The lowest BCUT2D eigenvalue weighted by Gasteiger charge is -2.29. The van der Waals surface area contributed by atoms with Crippen molar-refractivity contribution >= 4 is 39.0 Å². The summed E-state index contributed by atoms with van der Waals surface area (Å²) in [6.45, 7) is 3.79. The van der Waals surface area contributed by atoms with E-state index in [1.807, 2.05) is 6.92 Å². The van der Waals surface area contributed by atoms with Crippen LogP contribution in [0.1, 0.15) is 44.6 Å². The summed E-state index contributed by atoms with van der Waals surface area (Å²) in [6.07, 6.45) is 3.39. The number of nitrogens with one attached hydrogen (secondary N) is 1. The number of fused-ring (bicyclic) bond motifs is 1. The zero-order valence-electron chi connectivity index (χ0n) is 17.2. The van der Waals surface area contributed by atoms with E-state index >= 15 is 0 Å². The first-order chi connectivity index (χ1) is 14.3. The van der Waals surface area contributed by atoms with Crippen LogP contribution in [0.25, 0.3) is 0 Å². The van der Waals surface area contributed by atoms with Crippen molar-refractivity contribution in [3.63, 3.8) is 0 Å². The van der Waals surface area contributed by atoms with Gasteiger partial charge in [0.05, 0.1) is 11.5 Å². The SMILES string of the molecule is CCOC(=O)[C@@H]1C[C@@H]2/C(=N\NC(N)=S)CCCC[C@@H]2N1S(=O)(=O)c1ccc(C)cc1. The van der Waals surface area contributed by atoms with Crippen LogP contribution in [0.2, 0.25) is 0 Å². The molecule has 3 rings (SSSR count). The zero-order valence-corrected chi connectivity index (χ0v) is 18.8. The number of benzene rings is 1. The molecule has 1 saturated heterocycles. The number of hydrogen-bond acceptors (Lipinski definition) is 6. The van der Waals surface area contributed by atoms with Crippen LogP contribution in [0.5, 0.6) is 0 Å². The smallest absolute Gasteiger partial charge is 0.324 e. The van der Waals surface area contributed by atoms with Gasteiger partial charge >= 0.3 is 5.97 Å². The molecular formula is C20H28N4O4S2. The van der Waals surface area contributed by atoms with E-state index in [-0.39, 0.29) is 28.6 Å². The Morgan fingerprint density at radius 3 is 2.67 bits per heavy atom. The molecule has 0 radical (unpaired) electrons. The molecule has 3 N–H and O–H groups in total. The lowest BCUT2D eigenvalue weighted by Crippen LogP contribution is -2.46. The Balaban J connectivity index is 2.05. The quantitative estimate of drug-likeness (QED) is 0.399. The first-order valence-corrected chi connectivity index (χ1v) is 12.0. The van der Waals surface area contributed by atoms with Gasteiger partial charge in [-0.3, -0.25) is 10.2 Å². The predicted octanol–water partition coefficient (Wildman–Crippen LogP) is 2.07. The van der Waals surface area contributed by atoms with Crippen molar-refractivity contribution in [3.8, 4) is 0 Å². The van der Waals surface area contributed by atoms with Gasteiger partial charge in [-0.25, -0.2) is 8.42 Å². The fourth-order valence-corrected chi connectivity index (χ4v) is 6.21. The number of rotatable bonds is 5. The number of sulfonamides is 1. The molecule has 30 heavy (non-hydrogen) atoms. The van der Waals surface area contributed by atoms with Crippen molar-refractivity contribution in [2.45, 2.75) is 62.9 Å². The third-order valence-electron chi connectivity index (χ3n) is 5.65. The molecule has 2 aliphatic rings. The molecule has 0 amide bonds. The molecule has 3 atom stereocenters. The van der Waals surface area contributed by atoms with Crippen molar-refractivity contribution < 1.29 is 17.9 Å². The fraction of sp³-hybridized carbons (Fsp3) is 0.550. The summed E-state index contributed by atoms with van der Waals surface area (Å²) in [4.78, 5) is 12.9. The van der Waals surface area contributed by atoms with E-state index in [0.29, 0.717) is 19.3 Å². The normalized spacial score (nSPS) is 26.1. The van der Waals surface area contributed by atoms with E-state index in [1.54, 1.807) is 31.2 Å². The molecule has 8 nitrogen and oxygen atoms in total. The first kappa shape index (κ1) is 22.6. The summed E-state index contributed by atoms with van der Waals surface area (Å²) < 4.78 is 33.9. The molecule has 0 aromatic heterocycles. The molecule has 164 valence electrons. The number of carbonyl (C=O) groups is 1. The van der Waals surface area contributed by atoms with Crippen LogP contribution in [0.3, 0.4) is 0 Å². The maximum atomic E-state index is 13.6. The topological polar surface area (TPSA) is 114 Å². The third kappa shape index (κ3) is 4.65. The van der Waals surface area contributed by atoms with Crippen molar-refractivity contribution in [1.29, 1.82) is 0 Å². The van der Waals surface area contributed by atoms with Crippen LogP contribution in [-0.4, -0.2) is 48.2 Å². The van der Waals surface area contributed by atoms with Gasteiger partial charge in [0.15, 0.2) is 5.11 Å². The molecule has 0 bridgehead atoms. The predicted molar refractivity (Wildman–Crippen MR) is 118 cm³/mol. The van der Waals surface area contributed by atoms with Crippen molar-refractivity contribution in [2.24, 2.45) is 16.8 Å². The minimum atomic E-state index is -3.90. The summed E-state index contributed by atoms with van der Waals surface area (Å²) in [5.41, 5.74) is 9.90. The maximum Gasteiger partial charge on any atom is 0.324 e. The molecule has 1 aromatic rings. The van der Waals surface area contributed by atoms with E-state index in [9.17, 15) is 13.2 Å². The van der Waals surface area contributed by atoms with E-state index in [0.717, 1.165) is 24.1 Å². The number of aryl methyl sites for hydroxylation is 1. The number of thiocarbonyl (C=S) groups is 1. The Hall–Kier alpha value is -2.04. The molecule has 1 aliphatic carbocycles. The minimum Gasteiger partial charge on any atom is -0.465 e. The number of esters is 1. The number of nitrogens with zero attached hydrogens (tertiary/aromatic N) is 2. The molecule has 1 saturated carbocycles. The van der Waals surface area contributed by atoms with E-state index in [2.05, 4.69) is 10.5 Å². The van der Waals surface area contributed by atoms with Gasteiger partial charge < -0.3 is 10.5 Å². The summed E-state index contributed by atoms with van der Waals surface area (Å²) in [5, 5.41) is 4.40. The molecule has 0 unspecified atom stereocenters. The maximum absolute atomic E-state index is 13.6. The summed E-state index contributed by atoms with van der Waals surface area (Å²) in [7, 11) is -3.90. The van der Waals surface area contributed by atoms with Gasteiger partial charge in [-0.15, -0.1) is 0 Å². The Labute approximate surface area is 182 Å². The second-order valence-corrected chi connectivity index (χ2v) is 9.93. The van der Waals surface area contributed by atoms with Crippen LogP contribution in [0.4, 0.5) is 0 Å². The van der Waals surface area contributed by atoms with Gasteiger partial charge in [0.2, 0.25) is 10.0 Å². The average molecular weight is 453 g/mol. The Bertz CT molecular complexity index is 931. The second kappa shape index (κ2) is 9.40. The highest BCUT2D eigenvalue weighted by molar-refractivity contribution is 7.89. The van der Waals surface area contributed by atoms with Crippen molar-refractivity contribution in [1.82, 2.24) is 9.73 Å². The number of hydrazone groups is 1. The minimum absolute atomic E-state index is 0.0485. The van der Waals surface area contributed by atoms with Gasteiger partial charge in [-0.05, 0) is 63.9 Å². The highest BCUT2D eigenvalue weighted by Gasteiger charge is 2.52. The number of ether oxygens (including phenoxy) is 1. The van der Waals surface area contributed by atoms with Crippen LogP contribution in [0, 0.1) is 12.8 Å². The highest BCUT2D eigenvalue weighted by atomic mass is 32.2. The van der Waals surface area contributed by atoms with Gasteiger partial charge in [0.25, 0.3) is 0 Å². The molecule has 0 spiro atoms. The molecule has 2 fully saturated rings. The monoisotopic (exact) mass is 452 g/mol. The highest BCUT2D eigenvalue weighted by Crippen LogP contribution is 2.41. The number of nitrogens with two attached hydrogens (primary N) is 1. The van der Waals surface area contributed by atoms with Crippen molar-refractivity contribution in [3.05, 3.63) is 29.8 Å². The second-order valence-electron chi connectivity index (χ2n) is 7.65. The average Bonchev–Trinajstić information content (AvgIpc) is 2.97. The van der Waals surface area contributed by atoms with Gasteiger partial charge in [-0.2, -0.15) is 9.41 Å². The fourth-order valence-electron chi connectivity index (χ4n) is 4.32.